The molecule has 0 spiro atoms. The Kier molecular flexibility index (Phi) is 5.12. The average Bonchev–Trinajstić information content (AvgIpc) is 3.32. The predicted molar refractivity (Wildman–Crippen MR) is 113 cm³/mol. The Bertz CT molecular complexity index is 1120. The van der Waals surface area contributed by atoms with Gasteiger partial charge in [0.05, 0.1) is 6.20 Å². The SMILES string of the molecule is CC1CN(Cc2ccccc2)CC1c1nn2c(C3CCC(F)(F)CC3)ncc2c(=O)[nH]1. The molecule has 2 fully saturated rings. The van der Waals surface area contributed by atoms with Crippen LogP contribution >= 0.6 is 0 Å². The molecule has 164 valence electrons. The molecule has 1 aromatic carbocycles. The summed E-state index contributed by atoms with van der Waals surface area (Å²) < 4.78 is 28.8. The molecule has 8 heteroatoms. The van der Waals surface area contributed by atoms with Crippen LogP contribution in [-0.4, -0.2) is 43.5 Å². The van der Waals surface area contributed by atoms with Crippen LogP contribution in [0.15, 0.2) is 41.3 Å². The van der Waals surface area contributed by atoms with Gasteiger partial charge >= 0.3 is 0 Å². The Labute approximate surface area is 179 Å². The number of hydrogen-bond acceptors (Lipinski definition) is 4. The highest BCUT2D eigenvalue weighted by Gasteiger charge is 2.37. The van der Waals surface area contributed by atoms with Gasteiger partial charge in [-0.25, -0.2) is 18.3 Å². The molecule has 0 bridgehead atoms. The van der Waals surface area contributed by atoms with Crippen molar-refractivity contribution in [3.05, 3.63) is 64.1 Å². The van der Waals surface area contributed by atoms with E-state index in [4.69, 9.17) is 5.10 Å². The van der Waals surface area contributed by atoms with Crippen LogP contribution in [0, 0.1) is 5.92 Å². The Hall–Kier alpha value is -2.61. The van der Waals surface area contributed by atoms with E-state index in [1.54, 1.807) is 4.52 Å². The first-order chi connectivity index (χ1) is 14.9. The Morgan fingerprint density at radius 3 is 2.65 bits per heavy atom. The van der Waals surface area contributed by atoms with Crippen LogP contribution in [0.2, 0.25) is 0 Å². The van der Waals surface area contributed by atoms with Crippen molar-refractivity contribution in [1.82, 2.24) is 24.5 Å². The maximum Gasteiger partial charge on any atom is 0.276 e. The molecule has 1 N–H and O–H groups in total. The fourth-order valence-electron chi connectivity index (χ4n) is 5.07. The summed E-state index contributed by atoms with van der Waals surface area (Å²) in [5.41, 5.74) is 1.42. The van der Waals surface area contributed by atoms with Gasteiger partial charge in [-0.1, -0.05) is 37.3 Å². The third kappa shape index (κ3) is 4.01. The molecule has 1 saturated heterocycles. The van der Waals surface area contributed by atoms with Crippen LogP contribution < -0.4 is 5.56 Å². The molecule has 31 heavy (non-hydrogen) atoms. The molecule has 2 unspecified atom stereocenters. The number of nitrogens with one attached hydrogen (secondary N) is 1. The van der Waals surface area contributed by atoms with Gasteiger partial charge in [-0.05, 0) is 24.3 Å². The Morgan fingerprint density at radius 1 is 1.16 bits per heavy atom. The van der Waals surface area contributed by atoms with Crippen molar-refractivity contribution < 1.29 is 8.78 Å². The molecule has 0 amide bonds. The zero-order valence-electron chi connectivity index (χ0n) is 17.6. The van der Waals surface area contributed by atoms with Crippen LogP contribution in [0.25, 0.3) is 5.52 Å². The first-order valence-corrected chi connectivity index (χ1v) is 11.0. The number of benzene rings is 1. The molecule has 6 nitrogen and oxygen atoms in total. The van der Waals surface area contributed by atoms with Gasteiger partial charge in [0, 0.05) is 44.3 Å². The van der Waals surface area contributed by atoms with Crippen LogP contribution in [0.1, 0.15) is 61.7 Å². The summed E-state index contributed by atoms with van der Waals surface area (Å²) in [6.45, 7) is 4.78. The second-order valence-corrected chi connectivity index (χ2v) is 9.15. The fraction of sp³-hybridized carbons (Fsp3) is 0.522. The molecule has 5 rings (SSSR count). The highest BCUT2D eigenvalue weighted by Crippen LogP contribution is 2.40. The topological polar surface area (TPSA) is 66.3 Å². The maximum absolute atomic E-state index is 13.6. The number of fused-ring (bicyclic) bond motifs is 1. The van der Waals surface area contributed by atoms with Gasteiger partial charge in [0.15, 0.2) is 5.52 Å². The number of halogens is 2. The van der Waals surface area contributed by atoms with E-state index in [0.29, 0.717) is 35.9 Å². The lowest BCUT2D eigenvalue weighted by molar-refractivity contribution is -0.0388. The number of aromatic amines is 1. The van der Waals surface area contributed by atoms with E-state index < -0.39 is 5.92 Å². The molecule has 3 aromatic rings. The smallest absolute Gasteiger partial charge is 0.276 e. The predicted octanol–water partition coefficient (Wildman–Crippen LogP) is 3.95. The second kappa shape index (κ2) is 7.82. The molecule has 3 heterocycles. The van der Waals surface area contributed by atoms with E-state index in [1.807, 2.05) is 18.2 Å². The van der Waals surface area contributed by atoms with Crippen LogP contribution in [0.5, 0.6) is 0 Å². The summed E-state index contributed by atoms with van der Waals surface area (Å²) in [5, 5.41) is 4.77. The molecule has 2 aromatic heterocycles. The van der Waals surface area contributed by atoms with Crippen molar-refractivity contribution >= 4 is 5.52 Å². The largest absolute Gasteiger partial charge is 0.307 e. The van der Waals surface area contributed by atoms with Crippen molar-refractivity contribution in [2.45, 2.75) is 56.9 Å². The van der Waals surface area contributed by atoms with Crippen molar-refractivity contribution in [2.75, 3.05) is 13.1 Å². The van der Waals surface area contributed by atoms with Crippen LogP contribution in [0.3, 0.4) is 0 Å². The van der Waals surface area contributed by atoms with Gasteiger partial charge in [-0.2, -0.15) is 5.10 Å². The number of hydrogen-bond donors (Lipinski definition) is 1. The van der Waals surface area contributed by atoms with Crippen molar-refractivity contribution in [2.24, 2.45) is 5.92 Å². The van der Waals surface area contributed by atoms with Gasteiger partial charge in [-0.3, -0.25) is 9.69 Å². The zero-order valence-corrected chi connectivity index (χ0v) is 17.6. The summed E-state index contributed by atoms with van der Waals surface area (Å²) in [4.78, 5) is 22.5. The fourth-order valence-corrected chi connectivity index (χ4v) is 5.07. The van der Waals surface area contributed by atoms with Crippen LogP contribution in [-0.2, 0) is 6.54 Å². The summed E-state index contributed by atoms with van der Waals surface area (Å²) >= 11 is 0. The minimum Gasteiger partial charge on any atom is -0.307 e. The van der Waals surface area contributed by atoms with Gasteiger partial charge in [0.1, 0.15) is 11.6 Å². The molecule has 2 atom stereocenters. The monoisotopic (exact) mass is 427 g/mol. The third-order valence-electron chi connectivity index (χ3n) is 6.82. The van der Waals surface area contributed by atoms with E-state index >= 15 is 0 Å². The maximum atomic E-state index is 13.6. The average molecular weight is 427 g/mol. The van der Waals surface area contributed by atoms with E-state index in [2.05, 4.69) is 33.9 Å². The Morgan fingerprint density at radius 2 is 1.90 bits per heavy atom. The first-order valence-electron chi connectivity index (χ1n) is 11.0. The lowest BCUT2D eigenvalue weighted by Gasteiger charge is -2.27. The minimum absolute atomic E-state index is 0.0974. The zero-order chi connectivity index (χ0) is 21.6. The van der Waals surface area contributed by atoms with Crippen molar-refractivity contribution in [3.63, 3.8) is 0 Å². The lowest BCUT2D eigenvalue weighted by Crippen LogP contribution is -2.26. The summed E-state index contributed by atoms with van der Waals surface area (Å²) in [5.74, 6) is -0.969. The molecule has 1 aliphatic heterocycles. The quantitative estimate of drug-likeness (QED) is 0.685. The van der Waals surface area contributed by atoms with E-state index in [1.165, 1.54) is 11.8 Å². The molecule has 0 radical (unpaired) electrons. The van der Waals surface area contributed by atoms with E-state index in [9.17, 15) is 13.6 Å². The number of H-pyrrole nitrogens is 1. The number of alkyl halides is 2. The lowest BCUT2D eigenvalue weighted by atomic mass is 9.86. The molecular formula is C23H27F2N5O. The summed E-state index contributed by atoms with van der Waals surface area (Å²) in [7, 11) is 0. The normalized spacial score (nSPS) is 24.7. The molecular weight excluding hydrogens is 400 g/mol. The number of rotatable bonds is 4. The van der Waals surface area contributed by atoms with E-state index in [0.717, 1.165) is 19.6 Å². The highest BCUT2D eigenvalue weighted by molar-refractivity contribution is 5.42. The van der Waals surface area contributed by atoms with E-state index in [-0.39, 0.29) is 30.2 Å². The second-order valence-electron chi connectivity index (χ2n) is 9.15. The standard InChI is InChI=1S/C23H27F2N5O/c1-15-12-29(13-16-5-3-2-4-6-16)14-18(15)20-27-22(31)19-11-26-21(30(19)28-20)17-7-9-23(24,25)10-8-17/h2-6,11,15,17-18H,7-10,12-14H2,1H3,(H,27,28,31). The van der Waals surface area contributed by atoms with Gasteiger partial charge in [0.2, 0.25) is 5.92 Å². The number of aromatic nitrogens is 4. The number of imidazole rings is 1. The third-order valence-corrected chi connectivity index (χ3v) is 6.82. The van der Waals surface area contributed by atoms with Gasteiger partial charge < -0.3 is 4.98 Å². The summed E-state index contributed by atoms with van der Waals surface area (Å²) in [6, 6.07) is 10.3. The van der Waals surface area contributed by atoms with Gasteiger partial charge in [0.25, 0.3) is 5.56 Å². The first kappa shape index (κ1) is 20.3. The molecule has 2 aliphatic rings. The molecule has 1 saturated carbocycles. The minimum atomic E-state index is -2.60. The van der Waals surface area contributed by atoms with Crippen LogP contribution in [0.4, 0.5) is 8.78 Å². The number of likely N-dealkylation sites (tertiary alicyclic amines) is 1. The molecule has 1 aliphatic carbocycles. The van der Waals surface area contributed by atoms with Crippen molar-refractivity contribution in [1.29, 1.82) is 0 Å². The Balaban J connectivity index is 1.41. The highest BCUT2D eigenvalue weighted by atomic mass is 19.3. The number of nitrogens with zero attached hydrogens (tertiary/aromatic N) is 4. The summed E-state index contributed by atoms with van der Waals surface area (Å²) in [6.07, 6.45) is 1.95. The van der Waals surface area contributed by atoms with Crippen molar-refractivity contribution in [3.8, 4) is 0 Å². The van der Waals surface area contributed by atoms with Gasteiger partial charge in [-0.15, -0.1) is 0 Å².